The van der Waals surface area contributed by atoms with Crippen molar-refractivity contribution in [2.24, 2.45) is 0 Å². The second-order valence-corrected chi connectivity index (χ2v) is 7.02. The van der Waals surface area contributed by atoms with Crippen molar-refractivity contribution in [3.05, 3.63) is 84.4 Å². The normalized spacial score (nSPS) is 11.9. The van der Waals surface area contributed by atoms with Crippen LogP contribution in [0.5, 0.6) is 5.75 Å². The van der Waals surface area contributed by atoms with E-state index in [1.54, 1.807) is 0 Å². The van der Waals surface area contributed by atoms with Crippen LogP contribution in [-0.4, -0.2) is 37.6 Å². The molecule has 1 unspecified atom stereocenters. The van der Waals surface area contributed by atoms with Gasteiger partial charge in [-0.05, 0) is 56.4 Å². The molecule has 0 bridgehead atoms. The average Bonchev–Trinajstić information content (AvgIpc) is 2.73. The molecule has 1 amide bonds. The van der Waals surface area contributed by atoms with Gasteiger partial charge in [-0.2, -0.15) is 0 Å². The lowest BCUT2D eigenvalue weighted by molar-refractivity contribution is 0.102. The zero-order valence-corrected chi connectivity index (χ0v) is 16.6. The van der Waals surface area contributed by atoms with Crippen molar-refractivity contribution in [3.8, 4) is 16.9 Å². The number of rotatable bonds is 7. The van der Waals surface area contributed by atoms with Crippen molar-refractivity contribution in [2.45, 2.75) is 13.0 Å². The van der Waals surface area contributed by atoms with Gasteiger partial charge in [0.15, 0.2) is 0 Å². The number of benzene rings is 3. The maximum absolute atomic E-state index is 12.7. The van der Waals surface area contributed by atoms with Crippen LogP contribution in [0.3, 0.4) is 0 Å². The van der Waals surface area contributed by atoms with E-state index in [0.29, 0.717) is 23.6 Å². The van der Waals surface area contributed by atoms with Gasteiger partial charge in [0.05, 0.1) is 5.69 Å². The van der Waals surface area contributed by atoms with Crippen LogP contribution in [0.25, 0.3) is 11.1 Å². The van der Waals surface area contributed by atoms with Crippen molar-refractivity contribution in [1.29, 1.82) is 0 Å². The Kier molecular flexibility index (Phi) is 6.45. The predicted molar refractivity (Wildman–Crippen MR) is 115 cm³/mol. The average molecular weight is 374 g/mol. The molecule has 0 heterocycles. The smallest absolute Gasteiger partial charge is 0.255 e. The number of para-hydroxylation sites is 2. The summed E-state index contributed by atoms with van der Waals surface area (Å²) < 4.78 is 5.92. The molecule has 0 radical (unpaired) electrons. The minimum atomic E-state index is -0.156. The number of ether oxygens (including phenoxy) is 1. The molecule has 0 aliphatic rings. The highest BCUT2D eigenvalue weighted by molar-refractivity contribution is 6.05. The summed E-state index contributed by atoms with van der Waals surface area (Å²) in [5, 5.41) is 2.96. The van der Waals surface area contributed by atoms with Gasteiger partial charge < -0.3 is 15.0 Å². The molecular weight excluding hydrogens is 348 g/mol. The molecule has 3 rings (SSSR count). The molecule has 28 heavy (non-hydrogen) atoms. The molecule has 0 spiro atoms. The molecule has 4 nitrogen and oxygen atoms in total. The standard InChI is InChI=1S/C24H26N2O2/c1-18(26(2)3)17-28-23-12-8-7-11-22(23)25-24(27)21-15-13-20(14-16-21)19-9-5-4-6-10-19/h4-16,18H,17H2,1-3H3,(H,25,27). The Labute approximate surface area is 166 Å². The van der Waals surface area contributed by atoms with Gasteiger partial charge >= 0.3 is 0 Å². The minimum Gasteiger partial charge on any atom is -0.490 e. The molecule has 0 saturated carbocycles. The maximum Gasteiger partial charge on any atom is 0.255 e. The first-order chi connectivity index (χ1) is 13.5. The summed E-state index contributed by atoms with van der Waals surface area (Å²) in [7, 11) is 4.03. The number of likely N-dealkylation sites (N-methyl/N-ethyl adjacent to an activating group) is 1. The van der Waals surface area contributed by atoms with Gasteiger partial charge in [0.2, 0.25) is 0 Å². The van der Waals surface area contributed by atoms with Gasteiger partial charge in [-0.15, -0.1) is 0 Å². The van der Waals surface area contributed by atoms with E-state index in [-0.39, 0.29) is 11.9 Å². The van der Waals surface area contributed by atoms with Crippen LogP contribution in [-0.2, 0) is 0 Å². The van der Waals surface area contributed by atoms with Crippen LogP contribution < -0.4 is 10.1 Å². The fourth-order valence-corrected chi connectivity index (χ4v) is 2.69. The van der Waals surface area contributed by atoms with Crippen LogP contribution in [0.1, 0.15) is 17.3 Å². The van der Waals surface area contributed by atoms with E-state index in [9.17, 15) is 4.79 Å². The summed E-state index contributed by atoms with van der Waals surface area (Å²) in [5.74, 6) is 0.516. The molecule has 0 saturated heterocycles. The number of anilines is 1. The maximum atomic E-state index is 12.7. The number of hydrogen-bond acceptors (Lipinski definition) is 3. The third-order valence-electron chi connectivity index (χ3n) is 4.75. The second-order valence-electron chi connectivity index (χ2n) is 7.02. The van der Waals surface area contributed by atoms with Gasteiger partial charge in [-0.25, -0.2) is 0 Å². The lowest BCUT2D eigenvalue weighted by Crippen LogP contribution is -2.30. The number of nitrogens with one attached hydrogen (secondary N) is 1. The van der Waals surface area contributed by atoms with Crippen LogP contribution in [0, 0.1) is 0 Å². The fraction of sp³-hybridized carbons (Fsp3) is 0.208. The van der Waals surface area contributed by atoms with Gasteiger partial charge in [-0.3, -0.25) is 4.79 Å². The molecule has 0 aliphatic heterocycles. The van der Waals surface area contributed by atoms with Gasteiger partial charge in [-0.1, -0.05) is 54.6 Å². The summed E-state index contributed by atoms with van der Waals surface area (Å²) in [6.07, 6.45) is 0. The Hall–Kier alpha value is -3.11. The number of nitrogens with zero attached hydrogens (tertiary/aromatic N) is 1. The monoisotopic (exact) mass is 374 g/mol. The molecule has 3 aromatic carbocycles. The van der Waals surface area contributed by atoms with E-state index >= 15 is 0 Å². The minimum absolute atomic E-state index is 0.156. The van der Waals surface area contributed by atoms with Crippen molar-refractivity contribution < 1.29 is 9.53 Å². The molecular formula is C24H26N2O2. The molecule has 0 aliphatic carbocycles. The van der Waals surface area contributed by atoms with Gasteiger partial charge in [0.25, 0.3) is 5.91 Å². The van der Waals surface area contributed by atoms with Crippen molar-refractivity contribution in [1.82, 2.24) is 4.90 Å². The molecule has 0 fully saturated rings. The predicted octanol–water partition coefficient (Wildman–Crippen LogP) is 4.93. The van der Waals surface area contributed by atoms with E-state index in [4.69, 9.17) is 4.74 Å². The number of carbonyl (C=O) groups is 1. The molecule has 3 aromatic rings. The SMILES string of the molecule is CC(COc1ccccc1NC(=O)c1ccc(-c2ccccc2)cc1)N(C)C. The van der Waals surface area contributed by atoms with Crippen LogP contribution in [0.4, 0.5) is 5.69 Å². The quantitative estimate of drug-likeness (QED) is 0.637. The number of hydrogen-bond donors (Lipinski definition) is 1. The number of amides is 1. The highest BCUT2D eigenvalue weighted by Crippen LogP contribution is 2.25. The molecule has 4 heteroatoms. The summed E-state index contributed by atoms with van der Waals surface area (Å²) in [6, 6.07) is 25.5. The topological polar surface area (TPSA) is 41.6 Å². The zero-order chi connectivity index (χ0) is 19.9. The van der Waals surface area contributed by atoms with Crippen LogP contribution >= 0.6 is 0 Å². The summed E-state index contributed by atoms with van der Waals surface area (Å²) in [5.41, 5.74) is 3.49. The first kappa shape index (κ1) is 19.6. The fourth-order valence-electron chi connectivity index (χ4n) is 2.69. The Morgan fingerprint density at radius 2 is 1.50 bits per heavy atom. The van der Waals surface area contributed by atoms with Gasteiger partial charge in [0.1, 0.15) is 12.4 Å². The third kappa shape index (κ3) is 4.99. The van der Waals surface area contributed by atoms with E-state index in [1.807, 2.05) is 80.8 Å². The Balaban J connectivity index is 1.69. The van der Waals surface area contributed by atoms with E-state index in [1.165, 1.54) is 0 Å². The highest BCUT2D eigenvalue weighted by atomic mass is 16.5. The van der Waals surface area contributed by atoms with E-state index in [0.717, 1.165) is 11.1 Å². The zero-order valence-electron chi connectivity index (χ0n) is 16.6. The first-order valence-corrected chi connectivity index (χ1v) is 9.39. The Morgan fingerprint density at radius 3 is 2.18 bits per heavy atom. The lowest BCUT2D eigenvalue weighted by atomic mass is 10.0. The lowest BCUT2D eigenvalue weighted by Gasteiger charge is -2.21. The van der Waals surface area contributed by atoms with Crippen LogP contribution in [0.2, 0.25) is 0 Å². The summed E-state index contributed by atoms with van der Waals surface area (Å²) >= 11 is 0. The third-order valence-corrected chi connectivity index (χ3v) is 4.75. The summed E-state index contributed by atoms with van der Waals surface area (Å²) in [4.78, 5) is 14.8. The molecule has 0 aromatic heterocycles. The summed E-state index contributed by atoms with van der Waals surface area (Å²) in [6.45, 7) is 2.64. The highest BCUT2D eigenvalue weighted by Gasteiger charge is 2.12. The Bertz CT molecular complexity index is 905. The molecule has 1 atom stereocenters. The van der Waals surface area contributed by atoms with E-state index in [2.05, 4.69) is 29.3 Å². The number of carbonyl (C=O) groups excluding carboxylic acids is 1. The molecule has 1 N–H and O–H groups in total. The second kappa shape index (κ2) is 9.20. The Morgan fingerprint density at radius 1 is 0.893 bits per heavy atom. The van der Waals surface area contributed by atoms with Crippen molar-refractivity contribution in [2.75, 3.05) is 26.0 Å². The van der Waals surface area contributed by atoms with Gasteiger partial charge in [0, 0.05) is 11.6 Å². The van der Waals surface area contributed by atoms with E-state index < -0.39 is 0 Å². The molecule has 144 valence electrons. The van der Waals surface area contributed by atoms with Crippen molar-refractivity contribution in [3.63, 3.8) is 0 Å². The first-order valence-electron chi connectivity index (χ1n) is 9.39. The largest absolute Gasteiger partial charge is 0.490 e. The van der Waals surface area contributed by atoms with Crippen LogP contribution in [0.15, 0.2) is 78.9 Å². The van der Waals surface area contributed by atoms with Crippen molar-refractivity contribution >= 4 is 11.6 Å².